The van der Waals surface area contributed by atoms with Crippen molar-refractivity contribution in [3.63, 3.8) is 0 Å². The van der Waals surface area contributed by atoms with Gasteiger partial charge in [-0.3, -0.25) is 0 Å². The predicted octanol–water partition coefficient (Wildman–Crippen LogP) is 10.2. The first-order chi connectivity index (χ1) is 15.4. The molecule has 0 aliphatic carbocycles. The maximum absolute atomic E-state index is 4.65. The Morgan fingerprint density at radius 1 is 0.909 bits per heavy atom. The molecule has 0 N–H and O–H groups in total. The van der Waals surface area contributed by atoms with Gasteiger partial charge in [0.05, 0.1) is 19.3 Å². The van der Waals surface area contributed by atoms with E-state index in [0.717, 1.165) is 35.5 Å². The third-order valence-electron chi connectivity index (χ3n) is 5.13. The molecule has 0 heterocycles. The van der Waals surface area contributed by atoms with E-state index < -0.39 is 0 Å². The summed E-state index contributed by atoms with van der Waals surface area (Å²) in [7, 11) is 5.49. The van der Waals surface area contributed by atoms with Crippen molar-refractivity contribution in [2.75, 3.05) is 21.2 Å². The van der Waals surface area contributed by atoms with Crippen LogP contribution in [-0.2, 0) is 4.18 Å². The Labute approximate surface area is 213 Å². The summed E-state index contributed by atoms with van der Waals surface area (Å²) in [5.41, 5.74) is 5.48. The predicted molar refractivity (Wildman–Crippen MR) is 156 cm³/mol. The molecule has 0 aromatic rings. The molecule has 0 rings (SSSR count). The van der Waals surface area contributed by atoms with Gasteiger partial charge in [0.1, 0.15) is 0 Å². The van der Waals surface area contributed by atoms with Crippen molar-refractivity contribution in [1.29, 1.82) is 0 Å². The first-order valence-electron chi connectivity index (χ1n) is 12.5. The molecule has 2 unspecified atom stereocenters. The maximum atomic E-state index is 4.65. The zero-order valence-corrected chi connectivity index (χ0v) is 24.5. The average Bonchev–Trinajstić information content (AvgIpc) is 2.78. The van der Waals surface area contributed by atoms with Crippen LogP contribution in [0.2, 0.25) is 0 Å². The second-order valence-corrected chi connectivity index (χ2v) is 9.91. The fourth-order valence-corrected chi connectivity index (χ4v) is 2.80. The van der Waals surface area contributed by atoms with Crippen LogP contribution in [0, 0.1) is 11.8 Å². The highest BCUT2D eigenvalue weighted by molar-refractivity contribution is 7.92. The van der Waals surface area contributed by atoms with Gasteiger partial charge in [0.25, 0.3) is 0 Å². The molecule has 3 heteroatoms. The third kappa shape index (κ3) is 22.3. The Hall–Kier alpha value is -1.29. The quantitative estimate of drug-likeness (QED) is 0.140. The smallest absolute Gasteiger partial charge is 0.0810 e. The van der Waals surface area contributed by atoms with Gasteiger partial charge in [0, 0.05) is 0 Å². The molecule has 2 atom stereocenters. The van der Waals surface area contributed by atoms with E-state index in [1.165, 1.54) is 49.1 Å². The molecule has 0 aromatic heterocycles. The van der Waals surface area contributed by atoms with Gasteiger partial charge in [-0.05, 0) is 61.9 Å². The first-order valence-corrected chi connectivity index (χ1v) is 13.2. The minimum atomic E-state index is 0.511. The molecule has 2 nitrogen and oxygen atoms in total. The number of hydrogen-bond donors (Lipinski definition) is 0. The van der Waals surface area contributed by atoms with Crippen LogP contribution in [-0.4, -0.2) is 25.5 Å². The molecule has 0 spiro atoms. The second-order valence-electron chi connectivity index (χ2n) is 8.70. The van der Waals surface area contributed by atoms with E-state index in [2.05, 4.69) is 97.2 Å². The van der Waals surface area contributed by atoms with E-state index in [4.69, 9.17) is 0 Å². The van der Waals surface area contributed by atoms with Crippen LogP contribution in [0.15, 0.2) is 72.4 Å². The normalized spacial score (nSPS) is 12.9. The monoisotopic (exact) mass is 477 g/mol. The Balaban J connectivity index is -0.000000842. The Bertz CT molecular complexity index is 613. The zero-order valence-electron chi connectivity index (χ0n) is 23.7. The van der Waals surface area contributed by atoms with Crippen molar-refractivity contribution in [2.24, 2.45) is 11.8 Å². The summed E-state index contributed by atoms with van der Waals surface area (Å²) in [5, 5.41) is 0. The van der Waals surface area contributed by atoms with Crippen molar-refractivity contribution in [3.8, 4) is 0 Å². The van der Waals surface area contributed by atoms with Crippen LogP contribution < -0.4 is 0 Å². The standard InChI is InChI=1S/C24H38.C3H9NOS.C3H8/c1-10-18(4)13-14-20(6)21(7)15-16-22(8)23(9)24(12-3)17-19(5)11-2;1-4(2)6-5-3;1-3-2/h15-18,20H,5,7-14H2,1-4,6H3;1-3H3;3H2,1-2H3/b16-15-,24-17-;;. The topological polar surface area (TPSA) is 12.5 Å². The Kier molecular flexibility index (Phi) is 26.2. The number of rotatable bonds is 14. The summed E-state index contributed by atoms with van der Waals surface area (Å²) in [6.07, 6.45) is 13.2. The van der Waals surface area contributed by atoms with Gasteiger partial charge in [-0.25, -0.2) is 4.31 Å². The molecule has 0 saturated carbocycles. The fraction of sp³-hybridized carbons (Fsp3) is 0.600. The SMILES string of the molecule is C=C(/C=C(/CC)C(=C)C(=C)/C=C\C(=C)C(C)CCC(C)CC)CC.CCC.COSN(C)C. The summed E-state index contributed by atoms with van der Waals surface area (Å²) in [6, 6.07) is 0. The van der Waals surface area contributed by atoms with Crippen LogP contribution in [0.1, 0.15) is 87.0 Å². The van der Waals surface area contributed by atoms with Gasteiger partial charge in [0.15, 0.2) is 0 Å². The van der Waals surface area contributed by atoms with Gasteiger partial charge in [-0.1, -0.05) is 123 Å². The van der Waals surface area contributed by atoms with Crippen molar-refractivity contribution in [2.45, 2.75) is 87.0 Å². The van der Waals surface area contributed by atoms with Crippen molar-refractivity contribution in [3.05, 3.63) is 72.4 Å². The van der Waals surface area contributed by atoms with Crippen LogP contribution in [0.3, 0.4) is 0 Å². The number of hydrogen-bond acceptors (Lipinski definition) is 3. The van der Waals surface area contributed by atoms with Gasteiger partial charge >= 0.3 is 0 Å². The number of nitrogens with zero attached hydrogens (tertiary/aromatic N) is 1. The van der Waals surface area contributed by atoms with E-state index in [1.807, 2.05) is 18.4 Å². The van der Waals surface area contributed by atoms with Crippen LogP contribution in [0.5, 0.6) is 0 Å². The molecule has 0 aliphatic heterocycles. The van der Waals surface area contributed by atoms with E-state index in [9.17, 15) is 0 Å². The lowest BCUT2D eigenvalue weighted by Gasteiger charge is -2.15. The minimum Gasteiger partial charge on any atom is -0.304 e. The first kappa shape index (κ1) is 36.3. The molecule has 0 amide bonds. The summed E-state index contributed by atoms with van der Waals surface area (Å²) < 4.78 is 6.52. The molecule has 0 radical (unpaired) electrons. The van der Waals surface area contributed by atoms with Crippen LogP contribution in [0.25, 0.3) is 0 Å². The maximum Gasteiger partial charge on any atom is 0.0810 e. The average molecular weight is 478 g/mol. The molecule has 0 aliphatic rings. The molecule has 0 bridgehead atoms. The van der Waals surface area contributed by atoms with Crippen molar-refractivity contribution >= 4 is 12.2 Å². The van der Waals surface area contributed by atoms with E-state index in [-0.39, 0.29) is 0 Å². The van der Waals surface area contributed by atoms with Crippen LogP contribution in [0.4, 0.5) is 0 Å². The molecule has 33 heavy (non-hydrogen) atoms. The summed E-state index contributed by atoms with van der Waals surface area (Å²) in [5.74, 6) is 1.31. The second kappa shape index (κ2) is 23.9. The summed E-state index contributed by atoms with van der Waals surface area (Å²) >= 11 is 1.32. The Morgan fingerprint density at radius 2 is 1.45 bits per heavy atom. The highest BCUT2D eigenvalue weighted by atomic mass is 32.2. The molecule has 0 fully saturated rings. The Morgan fingerprint density at radius 3 is 1.82 bits per heavy atom. The molecule has 0 aromatic carbocycles. The third-order valence-corrected chi connectivity index (χ3v) is 5.58. The molecule has 0 saturated heterocycles. The van der Waals surface area contributed by atoms with Crippen molar-refractivity contribution < 1.29 is 4.18 Å². The van der Waals surface area contributed by atoms with Gasteiger partial charge in [-0.2, -0.15) is 0 Å². The summed E-state index contributed by atoms with van der Waals surface area (Å²) in [6.45, 7) is 32.0. The fourth-order valence-electron chi connectivity index (χ4n) is 2.50. The van der Waals surface area contributed by atoms with Gasteiger partial charge in [-0.15, -0.1) is 0 Å². The van der Waals surface area contributed by atoms with E-state index in [1.54, 1.807) is 7.11 Å². The molecule has 192 valence electrons. The number of allylic oxidation sites excluding steroid dienone is 8. The van der Waals surface area contributed by atoms with Gasteiger partial charge < -0.3 is 4.18 Å². The lowest BCUT2D eigenvalue weighted by molar-refractivity contribution is 0.454. The highest BCUT2D eigenvalue weighted by Gasteiger charge is 2.08. The zero-order chi connectivity index (χ0) is 26.4. The minimum absolute atomic E-state index is 0.511. The lowest BCUT2D eigenvalue weighted by Crippen LogP contribution is -2.01. The molecular formula is C30H55NOS. The van der Waals surface area contributed by atoms with E-state index in [0.29, 0.717) is 5.92 Å². The van der Waals surface area contributed by atoms with Crippen LogP contribution >= 0.6 is 12.2 Å². The lowest BCUT2D eigenvalue weighted by atomic mass is 9.90. The van der Waals surface area contributed by atoms with Crippen molar-refractivity contribution in [1.82, 2.24) is 4.31 Å². The highest BCUT2D eigenvalue weighted by Crippen LogP contribution is 2.24. The van der Waals surface area contributed by atoms with E-state index >= 15 is 0 Å². The summed E-state index contributed by atoms with van der Waals surface area (Å²) in [4.78, 5) is 0. The molecular weight excluding hydrogens is 422 g/mol. The largest absolute Gasteiger partial charge is 0.304 e. The van der Waals surface area contributed by atoms with Gasteiger partial charge in [0.2, 0.25) is 0 Å².